The quantitative estimate of drug-likeness (QED) is 0.795. The predicted molar refractivity (Wildman–Crippen MR) is 80.9 cm³/mol. The Labute approximate surface area is 128 Å². The van der Waals surface area contributed by atoms with Gasteiger partial charge in [-0.05, 0) is 6.54 Å². The zero-order valence-corrected chi connectivity index (χ0v) is 12.8. The van der Waals surface area contributed by atoms with Crippen LogP contribution in [0.3, 0.4) is 0 Å². The third-order valence-corrected chi connectivity index (χ3v) is 4.79. The van der Waals surface area contributed by atoms with E-state index in [1.165, 1.54) is 7.11 Å². The number of likely N-dealkylation sites (tertiary alicyclic amines) is 1. The van der Waals surface area contributed by atoms with E-state index in [9.17, 15) is 9.90 Å². The first-order valence-corrected chi connectivity index (χ1v) is 7.37. The number of anilines is 2. The topological polar surface area (TPSA) is 105 Å². The monoisotopic (exact) mass is 307 g/mol. The number of methoxy groups -OCH3 is 1. The van der Waals surface area contributed by atoms with Crippen LogP contribution in [0.4, 0.5) is 11.8 Å². The van der Waals surface area contributed by atoms with Crippen LogP contribution in [0.1, 0.15) is 6.92 Å². The lowest BCUT2D eigenvalue weighted by molar-refractivity contribution is -0.148. The predicted octanol–water partition coefficient (Wildman–Crippen LogP) is -0.0899. The van der Waals surface area contributed by atoms with Gasteiger partial charge in [-0.2, -0.15) is 9.97 Å². The number of nitrogen functional groups attached to an aromatic ring is 1. The molecular formula is C14H21N5O3. The van der Waals surface area contributed by atoms with Gasteiger partial charge in [0.15, 0.2) is 0 Å². The van der Waals surface area contributed by atoms with Crippen molar-refractivity contribution < 1.29 is 14.6 Å². The smallest absolute Gasteiger partial charge is 0.313 e. The second-order valence-corrected chi connectivity index (χ2v) is 5.99. The summed E-state index contributed by atoms with van der Waals surface area (Å²) in [6.45, 7) is 5.41. The van der Waals surface area contributed by atoms with E-state index in [4.69, 9.17) is 10.5 Å². The SMILES string of the molecule is CCN1C[C@H]2CN(c3cc(OC)nc(N)n3)C[C@@]2(C(=O)O)C1. The lowest BCUT2D eigenvalue weighted by Crippen LogP contribution is -2.41. The van der Waals surface area contributed by atoms with Crippen molar-refractivity contribution >= 4 is 17.7 Å². The van der Waals surface area contributed by atoms with Crippen molar-refractivity contribution in [3.8, 4) is 5.88 Å². The summed E-state index contributed by atoms with van der Waals surface area (Å²) >= 11 is 0. The van der Waals surface area contributed by atoms with Gasteiger partial charge in [0, 0.05) is 38.2 Å². The van der Waals surface area contributed by atoms with E-state index in [1.54, 1.807) is 6.07 Å². The minimum atomic E-state index is -0.733. The van der Waals surface area contributed by atoms with E-state index in [0.29, 0.717) is 31.3 Å². The molecule has 2 aliphatic rings. The van der Waals surface area contributed by atoms with E-state index >= 15 is 0 Å². The molecule has 3 N–H and O–H groups in total. The van der Waals surface area contributed by atoms with Crippen LogP contribution in [0, 0.1) is 11.3 Å². The van der Waals surface area contributed by atoms with Gasteiger partial charge in [0.1, 0.15) is 11.2 Å². The number of nitrogens with zero attached hydrogens (tertiary/aromatic N) is 4. The van der Waals surface area contributed by atoms with Crippen LogP contribution in [-0.2, 0) is 4.79 Å². The highest BCUT2D eigenvalue weighted by molar-refractivity contribution is 5.78. The number of carboxylic acids is 1. The molecule has 0 unspecified atom stereocenters. The lowest BCUT2D eigenvalue weighted by atomic mass is 9.81. The third kappa shape index (κ3) is 2.23. The fourth-order valence-electron chi connectivity index (χ4n) is 3.58. The van der Waals surface area contributed by atoms with Crippen molar-refractivity contribution in [3.05, 3.63) is 6.07 Å². The van der Waals surface area contributed by atoms with E-state index in [1.807, 2.05) is 4.90 Å². The Morgan fingerprint density at radius 3 is 2.86 bits per heavy atom. The largest absolute Gasteiger partial charge is 0.481 e. The molecule has 1 aromatic heterocycles. The van der Waals surface area contributed by atoms with Crippen LogP contribution >= 0.6 is 0 Å². The van der Waals surface area contributed by atoms with Gasteiger partial charge >= 0.3 is 5.97 Å². The average molecular weight is 307 g/mol. The van der Waals surface area contributed by atoms with E-state index in [2.05, 4.69) is 21.8 Å². The number of aromatic nitrogens is 2. The molecule has 0 amide bonds. The summed E-state index contributed by atoms with van der Waals surface area (Å²) in [4.78, 5) is 24.3. The first kappa shape index (κ1) is 14.8. The summed E-state index contributed by atoms with van der Waals surface area (Å²) in [7, 11) is 1.52. The molecule has 2 saturated heterocycles. The number of carboxylic acid groups (broad SMARTS) is 1. The number of fused-ring (bicyclic) bond motifs is 1. The maximum atomic E-state index is 11.9. The van der Waals surface area contributed by atoms with Gasteiger partial charge in [-0.25, -0.2) is 0 Å². The van der Waals surface area contributed by atoms with Gasteiger partial charge in [-0.3, -0.25) is 4.79 Å². The van der Waals surface area contributed by atoms with Crippen molar-refractivity contribution in [3.63, 3.8) is 0 Å². The Morgan fingerprint density at radius 2 is 2.27 bits per heavy atom. The van der Waals surface area contributed by atoms with E-state index in [-0.39, 0.29) is 11.9 Å². The molecule has 22 heavy (non-hydrogen) atoms. The number of rotatable bonds is 4. The number of hydrogen-bond acceptors (Lipinski definition) is 7. The zero-order chi connectivity index (χ0) is 15.9. The molecule has 0 spiro atoms. The first-order chi connectivity index (χ1) is 10.5. The van der Waals surface area contributed by atoms with Crippen molar-refractivity contribution in [2.24, 2.45) is 11.3 Å². The second kappa shape index (κ2) is 5.28. The molecule has 2 aliphatic heterocycles. The maximum absolute atomic E-state index is 11.9. The minimum Gasteiger partial charge on any atom is -0.481 e. The number of carbonyl (C=O) groups is 1. The summed E-state index contributed by atoms with van der Waals surface area (Å²) < 4.78 is 5.11. The lowest BCUT2D eigenvalue weighted by Gasteiger charge is -2.25. The average Bonchev–Trinajstić information content (AvgIpc) is 3.01. The highest BCUT2D eigenvalue weighted by Gasteiger charge is 2.57. The number of aliphatic carboxylic acids is 1. The fraction of sp³-hybridized carbons (Fsp3) is 0.643. The third-order valence-electron chi connectivity index (χ3n) is 4.79. The molecule has 2 fully saturated rings. The summed E-state index contributed by atoms with van der Waals surface area (Å²) in [6, 6.07) is 1.70. The summed E-state index contributed by atoms with van der Waals surface area (Å²) in [5.41, 5.74) is 4.97. The van der Waals surface area contributed by atoms with Gasteiger partial charge in [0.05, 0.1) is 7.11 Å². The van der Waals surface area contributed by atoms with Gasteiger partial charge in [0.2, 0.25) is 11.8 Å². The maximum Gasteiger partial charge on any atom is 0.313 e. The molecule has 8 nitrogen and oxygen atoms in total. The Balaban J connectivity index is 1.88. The number of hydrogen-bond donors (Lipinski definition) is 2. The van der Waals surface area contributed by atoms with Crippen LogP contribution in [0.2, 0.25) is 0 Å². The molecule has 0 radical (unpaired) electrons. The van der Waals surface area contributed by atoms with Crippen molar-refractivity contribution in [1.29, 1.82) is 0 Å². The van der Waals surface area contributed by atoms with Crippen molar-refractivity contribution in [2.75, 3.05) is 50.5 Å². The van der Waals surface area contributed by atoms with Gasteiger partial charge in [-0.15, -0.1) is 0 Å². The Hall–Kier alpha value is -2.09. The number of ether oxygens (including phenoxy) is 1. The molecule has 1 aromatic rings. The molecule has 8 heteroatoms. The van der Waals surface area contributed by atoms with Crippen LogP contribution in [0.15, 0.2) is 6.07 Å². The Bertz CT molecular complexity index is 596. The van der Waals surface area contributed by atoms with Crippen LogP contribution in [0.5, 0.6) is 5.88 Å². The molecular weight excluding hydrogens is 286 g/mol. The fourth-order valence-corrected chi connectivity index (χ4v) is 3.58. The van der Waals surface area contributed by atoms with E-state index < -0.39 is 11.4 Å². The highest BCUT2D eigenvalue weighted by atomic mass is 16.5. The summed E-state index contributed by atoms with van der Waals surface area (Å²) in [5.74, 6) is 0.504. The summed E-state index contributed by atoms with van der Waals surface area (Å²) in [5, 5.41) is 9.77. The van der Waals surface area contributed by atoms with Gasteiger partial charge < -0.3 is 25.4 Å². The minimum absolute atomic E-state index is 0.0899. The molecule has 0 aromatic carbocycles. The van der Waals surface area contributed by atoms with Gasteiger partial charge in [-0.1, -0.05) is 6.92 Å². The Morgan fingerprint density at radius 1 is 1.50 bits per heavy atom. The van der Waals surface area contributed by atoms with Crippen LogP contribution in [-0.4, -0.2) is 65.8 Å². The standard InChI is InChI=1S/C14H21N5O3/c1-3-18-5-9-6-19(8-14(9,7-18)12(20)21)10-4-11(22-2)17-13(15)16-10/h4,9H,3,5-8H2,1-2H3,(H,20,21)(H2,15,16,17)/t9-,14-/m0/s1. The zero-order valence-electron chi connectivity index (χ0n) is 12.8. The normalized spacial score (nSPS) is 27.9. The van der Waals surface area contributed by atoms with Crippen molar-refractivity contribution in [2.45, 2.75) is 6.92 Å². The van der Waals surface area contributed by atoms with Crippen LogP contribution in [0.25, 0.3) is 0 Å². The molecule has 120 valence electrons. The molecule has 3 rings (SSSR count). The Kier molecular flexibility index (Phi) is 3.56. The number of nitrogens with two attached hydrogens (primary N) is 1. The molecule has 0 aliphatic carbocycles. The van der Waals surface area contributed by atoms with Crippen molar-refractivity contribution in [1.82, 2.24) is 14.9 Å². The second-order valence-electron chi connectivity index (χ2n) is 5.99. The highest BCUT2D eigenvalue weighted by Crippen LogP contribution is 2.44. The first-order valence-electron chi connectivity index (χ1n) is 7.37. The van der Waals surface area contributed by atoms with Gasteiger partial charge in [0.25, 0.3) is 0 Å². The van der Waals surface area contributed by atoms with Crippen LogP contribution < -0.4 is 15.4 Å². The summed E-state index contributed by atoms with van der Waals surface area (Å²) in [6.07, 6.45) is 0. The molecule has 3 heterocycles. The van der Waals surface area contributed by atoms with E-state index in [0.717, 1.165) is 13.1 Å². The molecule has 2 atom stereocenters. The molecule has 0 saturated carbocycles. The molecule has 0 bridgehead atoms.